The van der Waals surface area contributed by atoms with Crippen LogP contribution >= 0.6 is 0 Å². The maximum absolute atomic E-state index is 13.8. The smallest absolute Gasteiger partial charge is 0.166 e. The molecule has 0 aliphatic heterocycles. The molecule has 0 aliphatic carbocycles. The molecule has 0 saturated heterocycles. The molecule has 0 radical (unpaired) electrons. The summed E-state index contributed by atoms with van der Waals surface area (Å²) in [7, 11) is 0. The minimum Gasteiger partial charge on any atom is -0.492 e. The van der Waals surface area contributed by atoms with Crippen molar-refractivity contribution in [2.24, 2.45) is 0 Å². The summed E-state index contributed by atoms with van der Waals surface area (Å²) in [5.41, 5.74) is 3.46. The fourth-order valence-electron chi connectivity index (χ4n) is 3.39. The summed E-state index contributed by atoms with van der Waals surface area (Å²) < 4.78 is 32.9. The molecule has 4 aromatic rings. The summed E-state index contributed by atoms with van der Waals surface area (Å²) in [6.45, 7) is 2.88. The van der Waals surface area contributed by atoms with Crippen LogP contribution in [0.15, 0.2) is 72.9 Å². The third kappa shape index (κ3) is 5.12. The van der Waals surface area contributed by atoms with E-state index in [4.69, 9.17) is 4.74 Å². The van der Waals surface area contributed by atoms with E-state index in [9.17, 15) is 8.78 Å². The number of benzene rings is 3. The first-order valence-corrected chi connectivity index (χ1v) is 10.7. The SMILES string of the molecule is CCCCCOc1ccc(-c2ccc(C#Cc3ccc4c(F)c(F)ccc4c3)cc2)nc1. The zero-order chi connectivity index (χ0) is 22.3. The van der Waals surface area contributed by atoms with Crippen LogP contribution in [0.3, 0.4) is 0 Å². The number of aromatic nitrogens is 1. The number of hydrogen-bond acceptors (Lipinski definition) is 2. The van der Waals surface area contributed by atoms with Crippen molar-refractivity contribution in [2.45, 2.75) is 26.2 Å². The van der Waals surface area contributed by atoms with Gasteiger partial charge in [-0.1, -0.05) is 55.9 Å². The van der Waals surface area contributed by atoms with Crippen molar-refractivity contribution < 1.29 is 13.5 Å². The number of unbranched alkanes of at least 4 members (excludes halogenated alkanes) is 2. The lowest BCUT2D eigenvalue weighted by Crippen LogP contribution is -1.97. The van der Waals surface area contributed by atoms with Gasteiger partial charge in [-0.2, -0.15) is 0 Å². The first kappa shape index (κ1) is 21.5. The Bertz CT molecular complexity index is 1270. The maximum atomic E-state index is 13.8. The van der Waals surface area contributed by atoms with E-state index in [2.05, 4.69) is 23.7 Å². The molecule has 1 heterocycles. The van der Waals surface area contributed by atoms with Gasteiger partial charge in [-0.3, -0.25) is 4.98 Å². The average Bonchev–Trinajstić information content (AvgIpc) is 2.84. The van der Waals surface area contributed by atoms with Crippen molar-refractivity contribution in [1.29, 1.82) is 0 Å². The van der Waals surface area contributed by atoms with Crippen molar-refractivity contribution >= 4 is 10.8 Å². The van der Waals surface area contributed by atoms with Crippen LogP contribution in [0.2, 0.25) is 0 Å². The van der Waals surface area contributed by atoms with E-state index in [1.807, 2.05) is 36.4 Å². The molecule has 0 spiro atoms. The molecular formula is C28H23F2NO. The van der Waals surface area contributed by atoms with E-state index < -0.39 is 11.6 Å². The Labute approximate surface area is 186 Å². The van der Waals surface area contributed by atoms with Gasteiger partial charge in [0.2, 0.25) is 0 Å². The lowest BCUT2D eigenvalue weighted by molar-refractivity contribution is 0.305. The molecule has 0 N–H and O–H groups in total. The predicted octanol–water partition coefficient (Wildman–Crippen LogP) is 7.15. The topological polar surface area (TPSA) is 22.1 Å². The van der Waals surface area contributed by atoms with Crippen molar-refractivity contribution in [3.63, 3.8) is 0 Å². The van der Waals surface area contributed by atoms with Gasteiger partial charge in [0.15, 0.2) is 11.6 Å². The summed E-state index contributed by atoms with van der Waals surface area (Å²) in [4.78, 5) is 4.49. The van der Waals surface area contributed by atoms with Gasteiger partial charge in [0.25, 0.3) is 0 Å². The molecule has 160 valence electrons. The second-order valence-corrected chi connectivity index (χ2v) is 7.56. The Balaban J connectivity index is 1.44. The monoisotopic (exact) mass is 427 g/mol. The molecule has 3 aromatic carbocycles. The van der Waals surface area contributed by atoms with Gasteiger partial charge < -0.3 is 4.74 Å². The minimum absolute atomic E-state index is 0.254. The quantitative estimate of drug-likeness (QED) is 0.241. The standard InChI is InChI=1S/C28H23F2NO/c1-2-3-4-17-32-24-13-16-27(31-19-24)22-10-7-20(8-11-22)5-6-21-9-14-25-23(18-21)12-15-26(29)28(25)30/h7-16,18-19H,2-4,17H2,1H3. The summed E-state index contributed by atoms with van der Waals surface area (Å²) in [6.07, 6.45) is 5.14. The molecule has 32 heavy (non-hydrogen) atoms. The van der Waals surface area contributed by atoms with E-state index in [0.29, 0.717) is 12.0 Å². The Morgan fingerprint density at radius 1 is 0.844 bits per heavy atom. The highest BCUT2D eigenvalue weighted by molar-refractivity contribution is 5.84. The Kier molecular flexibility index (Phi) is 6.77. The highest BCUT2D eigenvalue weighted by Crippen LogP contribution is 2.22. The molecule has 0 saturated carbocycles. The molecule has 0 atom stereocenters. The summed E-state index contributed by atoms with van der Waals surface area (Å²) in [5, 5.41) is 0.875. The second-order valence-electron chi connectivity index (χ2n) is 7.56. The van der Waals surface area contributed by atoms with Gasteiger partial charge in [0, 0.05) is 22.1 Å². The normalized spacial score (nSPS) is 10.6. The lowest BCUT2D eigenvalue weighted by atomic mass is 10.1. The van der Waals surface area contributed by atoms with Crippen LogP contribution in [0, 0.1) is 23.5 Å². The summed E-state index contributed by atoms with van der Waals surface area (Å²) in [5.74, 6) is 5.30. The van der Waals surface area contributed by atoms with Crippen molar-refractivity contribution in [3.8, 4) is 28.8 Å². The van der Waals surface area contributed by atoms with Crippen molar-refractivity contribution in [3.05, 3.63) is 95.7 Å². The number of ether oxygens (including phenoxy) is 1. The van der Waals surface area contributed by atoms with Crippen LogP contribution < -0.4 is 4.74 Å². The van der Waals surface area contributed by atoms with E-state index in [1.165, 1.54) is 12.8 Å². The van der Waals surface area contributed by atoms with Gasteiger partial charge in [-0.25, -0.2) is 8.78 Å². The van der Waals surface area contributed by atoms with Crippen LogP contribution in [0.5, 0.6) is 5.75 Å². The lowest BCUT2D eigenvalue weighted by Gasteiger charge is -2.06. The molecule has 0 aliphatic rings. The predicted molar refractivity (Wildman–Crippen MR) is 125 cm³/mol. The highest BCUT2D eigenvalue weighted by atomic mass is 19.2. The second kappa shape index (κ2) is 10.1. The first-order chi connectivity index (χ1) is 15.6. The Hall–Kier alpha value is -3.71. The third-order valence-electron chi connectivity index (χ3n) is 5.19. The van der Waals surface area contributed by atoms with E-state index in [0.717, 1.165) is 40.6 Å². The van der Waals surface area contributed by atoms with E-state index in [-0.39, 0.29) is 5.39 Å². The van der Waals surface area contributed by atoms with Gasteiger partial charge in [-0.05, 0) is 54.3 Å². The number of fused-ring (bicyclic) bond motifs is 1. The van der Waals surface area contributed by atoms with Gasteiger partial charge >= 0.3 is 0 Å². The number of nitrogens with zero attached hydrogens (tertiary/aromatic N) is 1. The maximum Gasteiger partial charge on any atom is 0.166 e. The van der Waals surface area contributed by atoms with Crippen LogP contribution in [-0.2, 0) is 0 Å². The first-order valence-electron chi connectivity index (χ1n) is 10.7. The Morgan fingerprint density at radius 3 is 2.38 bits per heavy atom. The van der Waals surface area contributed by atoms with E-state index >= 15 is 0 Å². The largest absolute Gasteiger partial charge is 0.492 e. The van der Waals surface area contributed by atoms with E-state index in [1.54, 1.807) is 30.5 Å². The molecule has 0 unspecified atom stereocenters. The minimum atomic E-state index is -0.847. The van der Waals surface area contributed by atoms with Crippen LogP contribution in [0.1, 0.15) is 37.3 Å². The van der Waals surface area contributed by atoms with Crippen LogP contribution in [0.4, 0.5) is 8.78 Å². The van der Waals surface area contributed by atoms with Gasteiger partial charge in [-0.15, -0.1) is 0 Å². The molecule has 4 rings (SSSR count). The Morgan fingerprint density at radius 2 is 1.62 bits per heavy atom. The number of pyridine rings is 1. The van der Waals surface area contributed by atoms with Crippen molar-refractivity contribution in [1.82, 2.24) is 4.98 Å². The van der Waals surface area contributed by atoms with Gasteiger partial charge in [0.1, 0.15) is 5.75 Å². The average molecular weight is 427 g/mol. The number of hydrogen-bond donors (Lipinski definition) is 0. The molecule has 4 heteroatoms. The molecule has 1 aromatic heterocycles. The van der Waals surface area contributed by atoms with Gasteiger partial charge in [0.05, 0.1) is 18.5 Å². The number of rotatable bonds is 6. The number of halogens is 2. The fraction of sp³-hybridized carbons (Fsp3) is 0.179. The highest BCUT2D eigenvalue weighted by Gasteiger charge is 2.06. The van der Waals surface area contributed by atoms with Crippen LogP contribution in [0.25, 0.3) is 22.0 Å². The zero-order valence-electron chi connectivity index (χ0n) is 17.9. The molecule has 0 amide bonds. The van der Waals surface area contributed by atoms with Crippen molar-refractivity contribution in [2.75, 3.05) is 6.61 Å². The molecular weight excluding hydrogens is 404 g/mol. The zero-order valence-corrected chi connectivity index (χ0v) is 17.9. The fourth-order valence-corrected chi connectivity index (χ4v) is 3.39. The molecule has 0 bridgehead atoms. The third-order valence-corrected chi connectivity index (χ3v) is 5.19. The molecule has 2 nitrogen and oxygen atoms in total. The summed E-state index contributed by atoms with van der Waals surface area (Å²) in [6, 6.07) is 19.4. The summed E-state index contributed by atoms with van der Waals surface area (Å²) >= 11 is 0. The van der Waals surface area contributed by atoms with Crippen LogP contribution in [-0.4, -0.2) is 11.6 Å². The molecule has 0 fully saturated rings.